The van der Waals surface area contributed by atoms with Gasteiger partial charge in [0.25, 0.3) is 0 Å². The third-order valence-corrected chi connectivity index (χ3v) is 2.41. The number of aromatic nitrogens is 1. The third-order valence-electron chi connectivity index (χ3n) is 2.41. The molecule has 1 heterocycles. The summed E-state index contributed by atoms with van der Waals surface area (Å²) in [7, 11) is 0. The summed E-state index contributed by atoms with van der Waals surface area (Å²) in [6, 6.07) is 5.85. The summed E-state index contributed by atoms with van der Waals surface area (Å²) >= 11 is 0. The topological polar surface area (TPSA) is 30.0 Å². The highest BCUT2D eigenvalue weighted by Gasteiger charge is 2.45. The minimum atomic E-state index is -0.216. The maximum atomic E-state index is 10.8. The SMILES string of the molecule is Cc1cccc(C2(C=O)CC2)n1. The van der Waals surface area contributed by atoms with Crippen LogP contribution in [0.15, 0.2) is 18.2 Å². The highest BCUT2D eigenvalue weighted by molar-refractivity contribution is 5.71. The normalized spacial score (nSPS) is 18.8. The van der Waals surface area contributed by atoms with Gasteiger partial charge in [0.1, 0.15) is 6.29 Å². The molecule has 1 aromatic heterocycles. The molecular formula is C10H11NO. The van der Waals surface area contributed by atoms with Crippen molar-refractivity contribution in [3.8, 4) is 0 Å². The number of hydrogen-bond acceptors (Lipinski definition) is 2. The minimum Gasteiger partial charge on any atom is -0.302 e. The van der Waals surface area contributed by atoms with E-state index < -0.39 is 0 Å². The van der Waals surface area contributed by atoms with E-state index in [9.17, 15) is 4.79 Å². The average molecular weight is 161 g/mol. The molecule has 0 unspecified atom stereocenters. The van der Waals surface area contributed by atoms with Gasteiger partial charge in [-0.15, -0.1) is 0 Å². The predicted octanol–water partition coefficient (Wildman–Crippen LogP) is 1.62. The van der Waals surface area contributed by atoms with Crippen molar-refractivity contribution in [2.75, 3.05) is 0 Å². The van der Waals surface area contributed by atoms with E-state index in [1.807, 2.05) is 25.1 Å². The van der Waals surface area contributed by atoms with Gasteiger partial charge in [-0.25, -0.2) is 0 Å². The monoisotopic (exact) mass is 161 g/mol. The zero-order valence-corrected chi connectivity index (χ0v) is 7.08. The lowest BCUT2D eigenvalue weighted by molar-refractivity contribution is -0.109. The molecule has 0 N–H and O–H groups in total. The fraction of sp³-hybridized carbons (Fsp3) is 0.400. The molecule has 12 heavy (non-hydrogen) atoms. The first-order valence-corrected chi connectivity index (χ1v) is 4.17. The highest BCUT2D eigenvalue weighted by Crippen LogP contribution is 2.45. The molecule has 2 nitrogen and oxygen atoms in total. The summed E-state index contributed by atoms with van der Waals surface area (Å²) in [5.74, 6) is 0. The summed E-state index contributed by atoms with van der Waals surface area (Å²) in [6.45, 7) is 1.95. The van der Waals surface area contributed by atoms with Crippen LogP contribution in [-0.4, -0.2) is 11.3 Å². The molecule has 0 amide bonds. The Hall–Kier alpha value is -1.18. The Morgan fingerprint density at radius 1 is 1.50 bits per heavy atom. The van der Waals surface area contributed by atoms with E-state index in [2.05, 4.69) is 4.98 Å². The van der Waals surface area contributed by atoms with Crippen molar-refractivity contribution in [2.24, 2.45) is 0 Å². The Balaban J connectivity index is 2.40. The van der Waals surface area contributed by atoms with E-state index >= 15 is 0 Å². The second kappa shape index (κ2) is 2.41. The molecule has 0 atom stereocenters. The molecule has 0 aromatic carbocycles. The minimum absolute atomic E-state index is 0.216. The molecule has 1 saturated carbocycles. The van der Waals surface area contributed by atoms with E-state index in [-0.39, 0.29) is 5.41 Å². The van der Waals surface area contributed by atoms with Crippen LogP contribution < -0.4 is 0 Å². The first-order chi connectivity index (χ1) is 5.77. The molecule has 1 aliphatic carbocycles. The number of carbonyl (C=O) groups is 1. The fourth-order valence-corrected chi connectivity index (χ4v) is 1.39. The summed E-state index contributed by atoms with van der Waals surface area (Å²) in [4.78, 5) is 15.1. The molecule has 0 saturated heterocycles. The number of hydrogen-bond donors (Lipinski definition) is 0. The second-order valence-electron chi connectivity index (χ2n) is 3.44. The Bertz CT molecular complexity index is 315. The third kappa shape index (κ3) is 1.04. The van der Waals surface area contributed by atoms with Gasteiger partial charge in [-0.2, -0.15) is 0 Å². The molecule has 1 aromatic rings. The average Bonchev–Trinajstić information content (AvgIpc) is 2.84. The van der Waals surface area contributed by atoms with Crippen molar-refractivity contribution in [1.29, 1.82) is 0 Å². The van der Waals surface area contributed by atoms with Gasteiger partial charge in [0, 0.05) is 5.69 Å². The Kier molecular flexibility index (Phi) is 1.50. The lowest BCUT2D eigenvalue weighted by atomic mass is 10.0. The lowest BCUT2D eigenvalue weighted by Gasteiger charge is -2.05. The van der Waals surface area contributed by atoms with Crippen LogP contribution in [0.25, 0.3) is 0 Å². The summed E-state index contributed by atoms with van der Waals surface area (Å²) in [5, 5.41) is 0. The van der Waals surface area contributed by atoms with Crippen LogP contribution in [0.2, 0.25) is 0 Å². The molecule has 62 valence electrons. The molecule has 0 aliphatic heterocycles. The van der Waals surface area contributed by atoms with Gasteiger partial charge in [0.15, 0.2) is 0 Å². The number of nitrogens with zero attached hydrogens (tertiary/aromatic N) is 1. The van der Waals surface area contributed by atoms with E-state index in [4.69, 9.17) is 0 Å². The number of carbonyl (C=O) groups excluding carboxylic acids is 1. The van der Waals surface area contributed by atoms with Gasteiger partial charge in [0.2, 0.25) is 0 Å². The highest BCUT2D eigenvalue weighted by atomic mass is 16.1. The van der Waals surface area contributed by atoms with Crippen molar-refractivity contribution in [2.45, 2.75) is 25.2 Å². The molecule has 0 radical (unpaired) electrons. The number of rotatable bonds is 2. The molecular weight excluding hydrogens is 150 g/mol. The maximum absolute atomic E-state index is 10.8. The number of aryl methyl sites for hydroxylation is 1. The van der Waals surface area contributed by atoms with Crippen LogP contribution in [0.1, 0.15) is 24.2 Å². The number of pyridine rings is 1. The zero-order valence-electron chi connectivity index (χ0n) is 7.08. The first-order valence-electron chi connectivity index (χ1n) is 4.17. The smallest absolute Gasteiger partial charge is 0.132 e. The molecule has 1 aliphatic rings. The lowest BCUT2D eigenvalue weighted by Crippen LogP contribution is -2.10. The molecule has 1 fully saturated rings. The van der Waals surface area contributed by atoms with Gasteiger partial charge in [-0.3, -0.25) is 4.98 Å². The fourth-order valence-electron chi connectivity index (χ4n) is 1.39. The van der Waals surface area contributed by atoms with Crippen LogP contribution in [0, 0.1) is 6.92 Å². The zero-order chi connectivity index (χ0) is 8.60. The van der Waals surface area contributed by atoms with Gasteiger partial charge < -0.3 is 4.79 Å². The van der Waals surface area contributed by atoms with Crippen molar-refractivity contribution in [1.82, 2.24) is 4.98 Å². The first kappa shape index (κ1) is 7.47. The van der Waals surface area contributed by atoms with Crippen LogP contribution in [0.3, 0.4) is 0 Å². The van der Waals surface area contributed by atoms with Crippen LogP contribution in [0.4, 0.5) is 0 Å². The quantitative estimate of drug-likeness (QED) is 0.617. The summed E-state index contributed by atoms with van der Waals surface area (Å²) in [6.07, 6.45) is 2.97. The van der Waals surface area contributed by atoms with E-state index in [1.54, 1.807) is 0 Å². The van der Waals surface area contributed by atoms with Gasteiger partial charge in [0.05, 0.1) is 11.1 Å². The molecule has 2 heteroatoms. The Morgan fingerprint density at radius 2 is 2.25 bits per heavy atom. The van der Waals surface area contributed by atoms with Gasteiger partial charge in [-0.05, 0) is 31.9 Å². The molecule has 0 bridgehead atoms. The van der Waals surface area contributed by atoms with Gasteiger partial charge in [-0.1, -0.05) is 6.07 Å². The van der Waals surface area contributed by atoms with Crippen molar-refractivity contribution < 1.29 is 4.79 Å². The van der Waals surface area contributed by atoms with E-state index in [1.165, 1.54) is 0 Å². The van der Waals surface area contributed by atoms with Crippen molar-refractivity contribution in [3.05, 3.63) is 29.6 Å². The van der Waals surface area contributed by atoms with Crippen LogP contribution in [-0.2, 0) is 10.2 Å². The Morgan fingerprint density at radius 3 is 2.75 bits per heavy atom. The van der Waals surface area contributed by atoms with Crippen LogP contribution in [0.5, 0.6) is 0 Å². The van der Waals surface area contributed by atoms with E-state index in [0.29, 0.717) is 0 Å². The van der Waals surface area contributed by atoms with Crippen molar-refractivity contribution >= 4 is 6.29 Å². The molecule has 0 spiro atoms. The Labute approximate surface area is 71.6 Å². The van der Waals surface area contributed by atoms with Crippen LogP contribution >= 0.6 is 0 Å². The summed E-state index contributed by atoms with van der Waals surface area (Å²) < 4.78 is 0. The standard InChI is InChI=1S/C10H11NO/c1-8-3-2-4-9(11-8)10(7-12)5-6-10/h2-4,7H,5-6H2,1H3. The predicted molar refractivity (Wildman–Crippen MR) is 46.0 cm³/mol. The molecule has 2 rings (SSSR count). The maximum Gasteiger partial charge on any atom is 0.132 e. The van der Waals surface area contributed by atoms with Gasteiger partial charge >= 0.3 is 0 Å². The number of aldehydes is 1. The largest absolute Gasteiger partial charge is 0.302 e. The second-order valence-corrected chi connectivity index (χ2v) is 3.44. The van der Waals surface area contributed by atoms with Crippen molar-refractivity contribution in [3.63, 3.8) is 0 Å². The summed E-state index contributed by atoms with van der Waals surface area (Å²) in [5.41, 5.74) is 1.71. The van der Waals surface area contributed by atoms with E-state index in [0.717, 1.165) is 30.5 Å².